The first-order valence-electron chi connectivity index (χ1n) is 7.26. The molecule has 2 N–H and O–H groups in total. The second-order valence-electron chi connectivity index (χ2n) is 5.35. The number of carbonyl (C=O) groups excluding carboxylic acids is 2. The lowest BCUT2D eigenvalue weighted by molar-refractivity contribution is 0.0949. The molecule has 1 aliphatic carbocycles. The van der Waals surface area contributed by atoms with Gasteiger partial charge in [-0.2, -0.15) is 0 Å². The summed E-state index contributed by atoms with van der Waals surface area (Å²) in [5.74, 6) is -0.485. The first kappa shape index (κ1) is 14.3. The van der Waals surface area contributed by atoms with E-state index in [0.29, 0.717) is 30.6 Å². The summed E-state index contributed by atoms with van der Waals surface area (Å²) in [5.41, 5.74) is 1.60. The molecule has 1 heterocycles. The number of H-pyrrole nitrogens is 1. The normalized spacial score (nSPS) is 13.5. The smallest absolute Gasteiger partial charge is 0.261 e. The second-order valence-corrected chi connectivity index (χ2v) is 5.35. The lowest BCUT2D eigenvalue weighted by Crippen LogP contribution is -2.31. The number of benzene rings is 1. The van der Waals surface area contributed by atoms with Crippen molar-refractivity contribution < 1.29 is 9.59 Å². The van der Waals surface area contributed by atoms with Crippen LogP contribution in [0, 0.1) is 0 Å². The molecule has 1 aromatic carbocycles. The van der Waals surface area contributed by atoms with Gasteiger partial charge in [-0.15, -0.1) is 0 Å². The van der Waals surface area contributed by atoms with E-state index in [4.69, 9.17) is 0 Å². The van der Waals surface area contributed by atoms with Gasteiger partial charge in [-0.3, -0.25) is 14.4 Å². The van der Waals surface area contributed by atoms with Gasteiger partial charge in [0.2, 0.25) is 0 Å². The topological polar surface area (TPSA) is 79.0 Å². The maximum Gasteiger partial charge on any atom is 0.261 e. The van der Waals surface area contributed by atoms with Crippen LogP contribution in [-0.2, 0) is 13.0 Å². The summed E-state index contributed by atoms with van der Waals surface area (Å²) in [6.07, 6.45) is 1.87. The Bertz CT molecular complexity index is 778. The van der Waals surface area contributed by atoms with Crippen LogP contribution < -0.4 is 10.9 Å². The number of aromatic amines is 1. The third kappa shape index (κ3) is 2.83. The number of aryl methyl sites for hydroxylation is 1. The predicted octanol–water partition coefficient (Wildman–Crippen LogP) is 1.82. The number of nitrogens with one attached hydrogen (secondary N) is 2. The number of hydrogen-bond acceptors (Lipinski definition) is 3. The zero-order chi connectivity index (χ0) is 15.5. The van der Waals surface area contributed by atoms with Crippen LogP contribution in [0.25, 0.3) is 0 Å². The van der Waals surface area contributed by atoms with Crippen LogP contribution in [0.4, 0.5) is 0 Å². The number of rotatable bonds is 3. The third-order valence-electron chi connectivity index (χ3n) is 3.79. The molecule has 0 atom stereocenters. The molecule has 1 aliphatic rings. The van der Waals surface area contributed by atoms with Crippen LogP contribution in [0.15, 0.2) is 41.2 Å². The van der Waals surface area contributed by atoms with Crippen LogP contribution in [-0.4, -0.2) is 16.7 Å². The highest BCUT2D eigenvalue weighted by Crippen LogP contribution is 2.18. The van der Waals surface area contributed by atoms with Crippen molar-refractivity contribution in [3.05, 3.63) is 69.1 Å². The van der Waals surface area contributed by atoms with E-state index in [2.05, 4.69) is 10.3 Å². The molecular weight excluding hydrogens is 280 g/mol. The minimum absolute atomic E-state index is 0.00932. The molecule has 0 spiro atoms. The van der Waals surface area contributed by atoms with E-state index in [0.717, 1.165) is 12.0 Å². The number of aromatic nitrogens is 1. The van der Waals surface area contributed by atoms with E-state index in [1.165, 1.54) is 6.07 Å². The highest BCUT2D eigenvalue weighted by molar-refractivity contribution is 6.01. The van der Waals surface area contributed by atoms with Crippen molar-refractivity contribution in [1.29, 1.82) is 0 Å². The Balaban J connectivity index is 1.82. The molecule has 22 heavy (non-hydrogen) atoms. The van der Waals surface area contributed by atoms with E-state index >= 15 is 0 Å². The second kappa shape index (κ2) is 5.97. The monoisotopic (exact) mass is 296 g/mol. The van der Waals surface area contributed by atoms with Gasteiger partial charge in [0.15, 0.2) is 5.78 Å². The largest absolute Gasteiger partial charge is 0.348 e. The Morgan fingerprint density at radius 3 is 2.68 bits per heavy atom. The van der Waals surface area contributed by atoms with E-state index in [9.17, 15) is 14.4 Å². The molecule has 1 amide bonds. The molecule has 112 valence electrons. The minimum Gasteiger partial charge on any atom is -0.348 e. The van der Waals surface area contributed by atoms with Gasteiger partial charge in [-0.05, 0) is 24.5 Å². The van der Waals surface area contributed by atoms with E-state index < -0.39 is 11.5 Å². The fourth-order valence-corrected chi connectivity index (χ4v) is 2.62. The van der Waals surface area contributed by atoms with Crippen molar-refractivity contribution in [2.45, 2.75) is 25.8 Å². The third-order valence-corrected chi connectivity index (χ3v) is 3.79. The zero-order valence-electron chi connectivity index (χ0n) is 12.0. The molecule has 0 saturated carbocycles. The Morgan fingerprint density at radius 2 is 1.91 bits per heavy atom. The summed E-state index contributed by atoms with van der Waals surface area (Å²) < 4.78 is 0. The van der Waals surface area contributed by atoms with Crippen molar-refractivity contribution in [3.63, 3.8) is 0 Å². The Labute approximate surface area is 127 Å². The summed E-state index contributed by atoms with van der Waals surface area (Å²) in [4.78, 5) is 38.8. The van der Waals surface area contributed by atoms with Gasteiger partial charge in [0.05, 0.1) is 0 Å². The molecule has 0 aliphatic heterocycles. The number of hydrogen-bond donors (Lipinski definition) is 2. The number of carbonyl (C=O) groups is 2. The molecule has 2 aromatic rings. The van der Waals surface area contributed by atoms with Gasteiger partial charge < -0.3 is 10.3 Å². The molecule has 3 rings (SSSR count). The summed E-state index contributed by atoms with van der Waals surface area (Å²) >= 11 is 0. The predicted molar refractivity (Wildman–Crippen MR) is 81.9 cm³/mol. The summed E-state index contributed by atoms with van der Waals surface area (Å²) in [5, 5.41) is 2.71. The molecule has 5 nitrogen and oxygen atoms in total. The highest BCUT2D eigenvalue weighted by atomic mass is 16.2. The number of ketones is 1. The molecule has 0 bridgehead atoms. The lowest BCUT2D eigenvalue weighted by atomic mass is 9.93. The first-order valence-corrected chi connectivity index (χ1v) is 7.26. The van der Waals surface area contributed by atoms with Crippen molar-refractivity contribution in [3.8, 4) is 0 Å². The van der Waals surface area contributed by atoms with Gasteiger partial charge in [-0.25, -0.2) is 0 Å². The van der Waals surface area contributed by atoms with E-state index in [1.807, 2.05) is 30.3 Å². The number of pyridine rings is 1. The Kier molecular flexibility index (Phi) is 3.87. The number of amides is 1. The van der Waals surface area contributed by atoms with Crippen LogP contribution in [0.1, 0.15) is 44.8 Å². The van der Waals surface area contributed by atoms with E-state index in [-0.39, 0.29) is 11.3 Å². The summed E-state index contributed by atoms with van der Waals surface area (Å²) in [7, 11) is 0. The zero-order valence-corrected chi connectivity index (χ0v) is 12.0. The molecule has 0 unspecified atom stereocenters. The van der Waals surface area contributed by atoms with Crippen LogP contribution in [0.2, 0.25) is 0 Å². The standard InChI is InChI=1S/C17H16N2O3/c20-15-8-4-7-14-12(15)9-13(17(22)19-14)16(21)18-10-11-5-2-1-3-6-11/h1-3,5-6,9H,4,7-8,10H2,(H,18,21)(H,19,22). The first-order chi connectivity index (χ1) is 10.6. The number of fused-ring (bicyclic) bond motifs is 1. The molecule has 0 saturated heterocycles. The van der Waals surface area contributed by atoms with Gasteiger partial charge in [-0.1, -0.05) is 30.3 Å². The fraction of sp³-hybridized carbons (Fsp3) is 0.235. The highest BCUT2D eigenvalue weighted by Gasteiger charge is 2.21. The lowest BCUT2D eigenvalue weighted by Gasteiger charge is -2.15. The maximum absolute atomic E-state index is 12.2. The summed E-state index contributed by atoms with van der Waals surface area (Å²) in [6.45, 7) is 0.337. The molecule has 0 radical (unpaired) electrons. The van der Waals surface area contributed by atoms with Gasteiger partial charge in [0.1, 0.15) is 5.56 Å². The Hall–Kier alpha value is -2.69. The van der Waals surface area contributed by atoms with Crippen molar-refractivity contribution in [2.75, 3.05) is 0 Å². The maximum atomic E-state index is 12.2. The van der Waals surface area contributed by atoms with Crippen LogP contribution in [0.3, 0.4) is 0 Å². The van der Waals surface area contributed by atoms with Crippen molar-refractivity contribution >= 4 is 11.7 Å². The Morgan fingerprint density at radius 1 is 1.14 bits per heavy atom. The van der Waals surface area contributed by atoms with Crippen LogP contribution in [0.5, 0.6) is 0 Å². The molecule has 0 fully saturated rings. The average Bonchev–Trinajstić information content (AvgIpc) is 2.53. The fourth-order valence-electron chi connectivity index (χ4n) is 2.62. The molecular formula is C17H16N2O3. The van der Waals surface area contributed by atoms with Gasteiger partial charge in [0, 0.05) is 24.2 Å². The molecule has 5 heteroatoms. The SMILES string of the molecule is O=C1CCCc2[nH]c(=O)c(C(=O)NCc3ccccc3)cc21. The average molecular weight is 296 g/mol. The molecule has 1 aromatic heterocycles. The number of Topliss-reactive ketones (excluding diaryl/α,β-unsaturated/α-hetero) is 1. The van der Waals surface area contributed by atoms with E-state index in [1.54, 1.807) is 0 Å². The van der Waals surface area contributed by atoms with Crippen molar-refractivity contribution in [2.24, 2.45) is 0 Å². The minimum atomic E-state index is -0.466. The summed E-state index contributed by atoms with van der Waals surface area (Å²) in [6, 6.07) is 10.9. The van der Waals surface area contributed by atoms with Crippen LogP contribution >= 0.6 is 0 Å². The quantitative estimate of drug-likeness (QED) is 0.907. The van der Waals surface area contributed by atoms with Gasteiger partial charge in [0.25, 0.3) is 11.5 Å². The van der Waals surface area contributed by atoms with Gasteiger partial charge >= 0.3 is 0 Å². The van der Waals surface area contributed by atoms with Crippen molar-refractivity contribution in [1.82, 2.24) is 10.3 Å².